The number of hydrogen-bond acceptors (Lipinski definition) is 3. The van der Waals surface area contributed by atoms with Gasteiger partial charge in [0.2, 0.25) is 0 Å². The summed E-state index contributed by atoms with van der Waals surface area (Å²) in [5.74, 6) is -0.218. The van der Waals surface area contributed by atoms with Crippen LogP contribution in [0.1, 0.15) is 56.1 Å². The summed E-state index contributed by atoms with van der Waals surface area (Å²) in [5, 5.41) is 8.95. The third-order valence-corrected chi connectivity index (χ3v) is 6.08. The van der Waals surface area contributed by atoms with E-state index in [-0.39, 0.29) is 0 Å². The maximum Gasteiger partial charge on any atom is 0.303 e. The SMILES string of the molecule is Cc1cnccc1CN1CCC2(CCC(CC(=O)O)CC2)CC1. The molecule has 2 aliphatic rings. The second-order valence-corrected chi connectivity index (χ2v) is 7.62. The van der Waals surface area contributed by atoms with Gasteiger partial charge in [0, 0.05) is 25.4 Å². The molecular formula is C19H28N2O2. The lowest BCUT2D eigenvalue weighted by Crippen LogP contribution is -2.41. The normalized spacial score (nSPS) is 22.3. The van der Waals surface area contributed by atoms with Crippen LogP contribution in [0.25, 0.3) is 0 Å². The second kappa shape index (κ2) is 7.00. The Balaban J connectivity index is 1.49. The number of aryl methyl sites for hydroxylation is 1. The second-order valence-electron chi connectivity index (χ2n) is 7.62. The van der Waals surface area contributed by atoms with Crippen molar-refractivity contribution in [2.24, 2.45) is 11.3 Å². The number of carbonyl (C=O) groups is 1. The van der Waals surface area contributed by atoms with E-state index in [1.165, 1.54) is 49.9 Å². The van der Waals surface area contributed by atoms with Crippen molar-refractivity contribution in [1.29, 1.82) is 0 Å². The fourth-order valence-electron chi connectivity index (χ4n) is 4.35. The molecule has 126 valence electrons. The highest BCUT2D eigenvalue weighted by Gasteiger charge is 2.38. The Morgan fingerprint density at radius 2 is 2.00 bits per heavy atom. The molecule has 1 N–H and O–H groups in total. The first kappa shape index (κ1) is 16.4. The van der Waals surface area contributed by atoms with Crippen LogP contribution in [0.3, 0.4) is 0 Å². The number of piperidine rings is 1. The molecule has 4 nitrogen and oxygen atoms in total. The summed E-state index contributed by atoms with van der Waals surface area (Å²) >= 11 is 0. The van der Waals surface area contributed by atoms with Crippen LogP contribution in [0.15, 0.2) is 18.5 Å². The Kier molecular flexibility index (Phi) is 5.00. The van der Waals surface area contributed by atoms with E-state index >= 15 is 0 Å². The summed E-state index contributed by atoms with van der Waals surface area (Å²) in [4.78, 5) is 17.6. The van der Waals surface area contributed by atoms with Crippen molar-refractivity contribution in [3.63, 3.8) is 0 Å². The number of carboxylic acid groups (broad SMARTS) is 1. The monoisotopic (exact) mass is 316 g/mol. The van der Waals surface area contributed by atoms with E-state index in [2.05, 4.69) is 22.9 Å². The van der Waals surface area contributed by atoms with Crippen molar-refractivity contribution in [1.82, 2.24) is 9.88 Å². The minimum Gasteiger partial charge on any atom is -0.481 e. The first-order valence-corrected chi connectivity index (χ1v) is 8.90. The molecule has 0 unspecified atom stereocenters. The van der Waals surface area contributed by atoms with Gasteiger partial charge in [-0.1, -0.05) is 0 Å². The minimum atomic E-state index is -0.631. The van der Waals surface area contributed by atoms with Gasteiger partial charge in [-0.3, -0.25) is 14.7 Å². The fraction of sp³-hybridized carbons (Fsp3) is 0.684. The van der Waals surface area contributed by atoms with E-state index in [9.17, 15) is 4.79 Å². The van der Waals surface area contributed by atoms with E-state index in [0.717, 1.165) is 19.4 Å². The summed E-state index contributed by atoms with van der Waals surface area (Å²) in [7, 11) is 0. The van der Waals surface area contributed by atoms with E-state index < -0.39 is 5.97 Å². The predicted molar refractivity (Wildman–Crippen MR) is 90.1 cm³/mol. The van der Waals surface area contributed by atoms with Gasteiger partial charge in [-0.15, -0.1) is 0 Å². The Bertz CT molecular complexity index is 540. The first-order valence-electron chi connectivity index (χ1n) is 8.90. The number of nitrogens with zero attached hydrogens (tertiary/aromatic N) is 2. The van der Waals surface area contributed by atoms with Crippen LogP contribution in [0.5, 0.6) is 0 Å². The van der Waals surface area contributed by atoms with Gasteiger partial charge in [0.25, 0.3) is 0 Å². The molecule has 1 aromatic rings. The molecule has 3 rings (SSSR count). The average molecular weight is 316 g/mol. The molecule has 0 aromatic carbocycles. The molecule has 1 aliphatic carbocycles. The van der Waals surface area contributed by atoms with Crippen LogP contribution >= 0.6 is 0 Å². The minimum absolute atomic E-state index is 0.365. The molecule has 1 saturated carbocycles. The molecule has 1 saturated heterocycles. The molecule has 1 aliphatic heterocycles. The molecular weight excluding hydrogens is 288 g/mol. The number of carboxylic acids is 1. The van der Waals surface area contributed by atoms with Crippen molar-refractivity contribution in [3.8, 4) is 0 Å². The van der Waals surface area contributed by atoms with Gasteiger partial charge in [-0.2, -0.15) is 0 Å². The van der Waals surface area contributed by atoms with Crippen molar-refractivity contribution in [2.75, 3.05) is 13.1 Å². The Morgan fingerprint density at radius 1 is 1.30 bits per heavy atom. The number of likely N-dealkylation sites (tertiary alicyclic amines) is 1. The standard InChI is InChI=1S/C19H28N2O2/c1-15-13-20-9-4-17(15)14-21-10-7-19(8-11-21)5-2-16(3-6-19)12-18(22)23/h4,9,13,16H,2-3,5-8,10-12,14H2,1H3,(H,22,23). The lowest BCUT2D eigenvalue weighted by atomic mass is 9.65. The van der Waals surface area contributed by atoms with Gasteiger partial charge in [0.15, 0.2) is 0 Å². The summed E-state index contributed by atoms with van der Waals surface area (Å²) in [6, 6.07) is 2.14. The maximum absolute atomic E-state index is 10.9. The van der Waals surface area contributed by atoms with E-state index in [0.29, 0.717) is 17.8 Å². The van der Waals surface area contributed by atoms with Gasteiger partial charge in [0.05, 0.1) is 0 Å². The van der Waals surface area contributed by atoms with E-state index in [1.807, 2.05) is 12.4 Å². The lowest BCUT2D eigenvalue weighted by Gasteiger charge is -2.46. The lowest BCUT2D eigenvalue weighted by molar-refractivity contribution is -0.138. The van der Waals surface area contributed by atoms with Crippen LogP contribution < -0.4 is 0 Å². The Labute approximate surface area is 138 Å². The smallest absolute Gasteiger partial charge is 0.303 e. The van der Waals surface area contributed by atoms with Crippen LogP contribution in [-0.4, -0.2) is 34.0 Å². The topological polar surface area (TPSA) is 53.4 Å². The van der Waals surface area contributed by atoms with Crippen LogP contribution in [0.4, 0.5) is 0 Å². The first-order chi connectivity index (χ1) is 11.1. The summed E-state index contributed by atoms with van der Waals surface area (Å²) in [5.41, 5.74) is 3.17. The molecule has 0 bridgehead atoms. The van der Waals surface area contributed by atoms with Crippen molar-refractivity contribution in [2.45, 2.75) is 58.4 Å². The van der Waals surface area contributed by atoms with Crippen molar-refractivity contribution in [3.05, 3.63) is 29.6 Å². The summed E-state index contributed by atoms with van der Waals surface area (Å²) in [6.45, 7) is 5.51. The Hall–Kier alpha value is -1.42. The highest BCUT2D eigenvalue weighted by Crippen LogP contribution is 2.47. The molecule has 23 heavy (non-hydrogen) atoms. The fourth-order valence-corrected chi connectivity index (χ4v) is 4.35. The van der Waals surface area contributed by atoms with Gasteiger partial charge >= 0.3 is 5.97 Å². The van der Waals surface area contributed by atoms with Crippen LogP contribution in [0.2, 0.25) is 0 Å². The van der Waals surface area contributed by atoms with Gasteiger partial charge in [-0.05, 0) is 87.1 Å². The van der Waals surface area contributed by atoms with Crippen LogP contribution in [-0.2, 0) is 11.3 Å². The molecule has 1 spiro atoms. The number of aromatic nitrogens is 1. The molecule has 0 atom stereocenters. The molecule has 1 aromatic heterocycles. The molecule has 2 fully saturated rings. The van der Waals surface area contributed by atoms with Crippen molar-refractivity contribution < 1.29 is 9.90 Å². The molecule has 0 amide bonds. The Morgan fingerprint density at radius 3 is 2.61 bits per heavy atom. The number of rotatable bonds is 4. The van der Waals surface area contributed by atoms with Crippen molar-refractivity contribution >= 4 is 5.97 Å². The zero-order chi connectivity index (χ0) is 16.3. The zero-order valence-corrected chi connectivity index (χ0v) is 14.1. The quantitative estimate of drug-likeness (QED) is 0.921. The molecule has 4 heteroatoms. The highest BCUT2D eigenvalue weighted by atomic mass is 16.4. The third-order valence-electron chi connectivity index (χ3n) is 6.08. The molecule has 2 heterocycles. The largest absolute Gasteiger partial charge is 0.481 e. The molecule has 0 radical (unpaired) electrons. The zero-order valence-electron chi connectivity index (χ0n) is 14.1. The summed E-state index contributed by atoms with van der Waals surface area (Å²) in [6.07, 6.45) is 11.4. The predicted octanol–water partition coefficient (Wildman–Crippen LogP) is 3.64. The van der Waals surface area contributed by atoms with Gasteiger partial charge in [-0.25, -0.2) is 0 Å². The van der Waals surface area contributed by atoms with Crippen LogP contribution in [0, 0.1) is 18.3 Å². The van der Waals surface area contributed by atoms with E-state index in [1.54, 1.807) is 0 Å². The van der Waals surface area contributed by atoms with Gasteiger partial charge in [0.1, 0.15) is 0 Å². The number of hydrogen-bond donors (Lipinski definition) is 1. The third kappa shape index (κ3) is 4.11. The maximum atomic E-state index is 10.9. The highest BCUT2D eigenvalue weighted by molar-refractivity contribution is 5.67. The van der Waals surface area contributed by atoms with Gasteiger partial charge < -0.3 is 5.11 Å². The van der Waals surface area contributed by atoms with E-state index in [4.69, 9.17) is 5.11 Å². The number of pyridine rings is 1. The average Bonchev–Trinajstić information content (AvgIpc) is 2.54. The summed E-state index contributed by atoms with van der Waals surface area (Å²) < 4.78 is 0. The number of aliphatic carboxylic acids is 1.